The molecule has 4 aromatic rings. The summed E-state index contributed by atoms with van der Waals surface area (Å²) in [5.41, 5.74) is 1.57. The van der Waals surface area contributed by atoms with E-state index in [4.69, 9.17) is 4.74 Å². The molecular weight excluding hydrogens is 346 g/mol. The minimum atomic E-state index is -0.202. The number of thiazole rings is 1. The summed E-state index contributed by atoms with van der Waals surface area (Å²) in [7, 11) is 0. The number of aromatic nitrogens is 2. The summed E-state index contributed by atoms with van der Waals surface area (Å²) in [6.45, 7) is 0. The van der Waals surface area contributed by atoms with Crippen molar-refractivity contribution in [2.24, 2.45) is 0 Å². The Morgan fingerprint density at radius 3 is 2.65 bits per heavy atom. The van der Waals surface area contributed by atoms with E-state index in [-0.39, 0.29) is 5.91 Å². The Balaban J connectivity index is 1.38. The van der Waals surface area contributed by atoms with Crippen LogP contribution in [0.15, 0.2) is 78.4 Å². The number of ether oxygens (including phenoxy) is 1. The van der Waals surface area contributed by atoms with E-state index in [0.717, 1.165) is 16.4 Å². The summed E-state index contributed by atoms with van der Waals surface area (Å²) in [6, 6.07) is 16.8. The summed E-state index contributed by atoms with van der Waals surface area (Å²) in [4.78, 5) is 17.3. The first-order chi connectivity index (χ1) is 12.8. The number of carbonyl (C=O) groups is 1. The second kappa shape index (κ2) is 7.25. The number of fused-ring (bicyclic) bond motifs is 1. The largest absolute Gasteiger partial charge is 0.457 e. The monoisotopic (exact) mass is 361 g/mol. The molecule has 0 spiro atoms. The minimum Gasteiger partial charge on any atom is -0.457 e. The van der Waals surface area contributed by atoms with Crippen LogP contribution in [0.2, 0.25) is 0 Å². The number of imidazole rings is 1. The van der Waals surface area contributed by atoms with Gasteiger partial charge in [-0.3, -0.25) is 9.20 Å². The maximum atomic E-state index is 12.1. The number of hydrogen-bond acceptors (Lipinski definition) is 4. The van der Waals surface area contributed by atoms with Gasteiger partial charge < -0.3 is 10.1 Å². The van der Waals surface area contributed by atoms with E-state index < -0.39 is 0 Å². The standard InChI is InChI=1S/C20H15N3O2S/c24-19(11-8-16-14-21-20-23(16)12-13-26-20)22-15-6-9-18(10-7-15)25-17-4-2-1-3-5-17/h1-14H,(H,22,24)/b11-8+. The van der Waals surface area contributed by atoms with Gasteiger partial charge in [0.2, 0.25) is 5.91 Å². The lowest BCUT2D eigenvalue weighted by atomic mass is 10.3. The first kappa shape index (κ1) is 16.1. The Hall–Kier alpha value is -3.38. The summed E-state index contributed by atoms with van der Waals surface area (Å²) >= 11 is 1.55. The van der Waals surface area contributed by atoms with Crippen molar-refractivity contribution in [3.8, 4) is 11.5 Å². The number of nitrogens with zero attached hydrogens (tertiary/aromatic N) is 2. The zero-order chi connectivity index (χ0) is 17.8. The van der Waals surface area contributed by atoms with Gasteiger partial charge in [0.25, 0.3) is 0 Å². The van der Waals surface area contributed by atoms with Crippen LogP contribution in [-0.2, 0) is 4.79 Å². The Morgan fingerprint density at radius 2 is 1.85 bits per heavy atom. The molecule has 2 heterocycles. The molecule has 2 aromatic carbocycles. The van der Waals surface area contributed by atoms with Crippen LogP contribution in [-0.4, -0.2) is 15.3 Å². The highest BCUT2D eigenvalue weighted by molar-refractivity contribution is 7.15. The number of anilines is 1. The summed E-state index contributed by atoms with van der Waals surface area (Å²) in [5.74, 6) is 1.28. The van der Waals surface area contributed by atoms with Crippen molar-refractivity contribution in [1.82, 2.24) is 9.38 Å². The Bertz CT molecular complexity index is 1050. The van der Waals surface area contributed by atoms with Crippen molar-refractivity contribution < 1.29 is 9.53 Å². The third-order valence-corrected chi connectivity index (χ3v) is 4.45. The molecule has 128 valence electrons. The molecule has 0 unspecified atom stereocenters. The quantitative estimate of drug-likeness (QED) is 0.518. The van der Waals surface area contributed by atoms with Crippen LogP contribution in [0.5, 0.6) is 11.5 Å². The fourth-order valence-electron chi connectivity index (χ4n) is 2.44. The number of benzene rings is 2. The molecule has 0 saturated carbocycles. The van der Waals surface area contributed by atoms with E-state index in [1.807, 2.05) is 58.4 Å². The lowest BCUT2D eigenvalue weighted by molar-refractivity contribution is -0.111. The SMILES string of the molecule is O=C(/C=C/c1cnc2sccn12)Nc1ccc(Oc2ccccc2)cc1. The predicted octanol–water partition coefficient (Wildman–Crippen LogP) is 4.84. The fourth-order valence-corrected chi connectivity index (χ4v) is 3.14. The molecule has 4 rings (SSSR count). The van der Waals surface area contributed by atoms with Gasteiger partial charge >= 0.3 is 0 Å². The zero-order valence-electron chi connectivity index (χ0n) is 13.7. The van der Waals surface area contributed by atoms with Crippen LogP contribution in [0.3, 0.4) is 0 Å². The lowest BCUT2D eigenvalue weighted by Gasteiger charge is -2.07. The second-order valence-electron chi connectivity index (χ2n) is 5.50. The number of rotatable bonds is 5. The molecule has 5 nitrogen and oxygen atoms in total. The zero-order valence-corrected chi connectivity index (χ0v) is 14.5. The highest BCUT2D eigenvalue weighted by Crippen LogP contribution is 2.22. The molecule has 0 aliphatic heterocycles. The van der Waals surface area contributed by atoms with Crippen LogP contribution in [0.4, 0.5) is 5.69 Å². The molecule has 2 aromatic heterocycles. The van der Waals surface area contributed by atoms with Gasteiger partial charge in [-0.25, -0.2) is 4.98 Å². The highest BCUT2D eigenvalue weighted by Gasteiger charge is 2.03. The second-order valence-corrected chi connectivity index (χ2v) is 6.37. The highest BCUT2D eigenvalue weighted by atomic mass is 32.1. The number of amides is 1. The molecular formula is C20H15N3O2S. The van der Waals surface area contributed by atoms with Crippen LogP contribution >= 0.6 is 11.3 Å². The maximum absolute atomic E-state index is 12.1. The Labute approximate surface area is 154 Å². The van der Waals surface area contributed by atoms with Crippen LogP contribution in [0, 0.1) is 0 Å². The first-order valence-corrected chi connectivity index (χ1v) is 8.88. The van der Waals surface area contributed by atoms with Gasteiger partial charge in [-0.15, -0.1) is 11.3 Å². The van der Waals surface area contributed by atoms with E-state index in [2.05, 4.69) is 10.3 Å². The number of carbonyl (C=O) groups excluding carboxylic acids is 1. The molecule has 0 fully saturated rings. The van der Waals surface area contributed by atoms with Crippen LogP contribution in [0.25, 0.3) is 11.0 Å². The van der Waals surface area contributed by atoms with E-state index in [0.29, 0.717) is 11.4 Å². The average molecular weight is 361 g/mol. The van der Waals surface area contributed by atoms with Gasteiger partial charge in [0.05, 0.1) is 11.9 Å². The van der Waals surface area contributed by atoms with Crippen molar-refractivity contribution >= 4 is 34.0 Å². The third kappa shape index (κ3) is 3.65. The number of para-hydroxylation sites is 1. The number of hydrogen-bond donors (Lipinski definition) is 1. The minimum absolute atomic E-state index is 0.202. The molecule has 1 N–H and O–H groups in total. The fraction of sp³-hybridized carbons (Fsp3) is 0. The van der Waals surface area contributed by atoms with Gasteiger partial charge in [-0.05, 0) is 42.5 Å². The maximum Gasteiger partial charge on any atom is 0.248 e. The molecule has 26 heavy (non-hydrogen) atoms. The van der Waals surface area contributed by atoms with Crippen LogP contribution in [0.1, 0.15) is 5.69 Å². The molecule has 0 saturated heterocycles. The summed E-state index contributed by atoms with van der Waals surface area (Å²) in [6.07, 6.45) is 6.91. The van der Waals surface area contributed by atoms with Crippen molar-refractivity contribution in [2.45, 2.75) is 0 Å². The van der Waals surface area contributed by atoms with E-state index in [9.17, 15) is 4.79 Å². The lowest BCUT2D eigenvalue weighted by Crippen LogP contribution is -2.07. The average Bonchev–Trinajstić information content (AvgIpc) is 3.27. The van der Waals surface area contributed by atoms with Crippen molar-refractivity contribution in [2.75, 3.05) is 5.32 Å². The Kier molecular flexibility index (Phi) is 4.49. The van der Waals surface area contributed by atoms with Crippen molar-refractivity contribution in [1.29, 1.82) is 0 Å². The van der Waals surface area contributed by atoms with Gasteiger partial charge in [0.1, 0.15) is 11.5 Å². The Morgan fingerprint density at radius 1 is 1.08 bits per heavy atom. The summed E-state index contributed by atoms with van der Waals surface area (Å²) < 4.78 is 7.67. The molecule has 0 atom stereocenters. The van der Waals surface area contributed by atoms with Crippen LogP contribution < -0.4 is 10.1 Å². The molecule has 0 radical (unpaired) electrons. The normalized spacial score (nSPS) is 11.1. The van der Waals surface area contributed by atoms with Gasteiger partial charge in [0, 0.05) is 23.3 Å². The molecule has 0 aliphatic rings. The smallest absolute Gasteiger partial charge is 0.248 e. The molecule has 0 aliphatic carbocycles. The van der Waals surface area contributed by atoms with E-state index in [1.54, 1.807) is 35.7 Å². The first-order valence-electron chi connectivity index (χ1n) is 8.00. The molecule has 0 bridgehead atoms. The van der Waals surface area contributed by atoms with E-state index in [1.165, 1.54) is 6.08 Å². The summed E-state index contributed by atoms with van der Waals surface area (Å²) in [5, 5.41) is 4.79. The van der Waals surface area contributed by atoms with Crippen molar-refractivity contribution in [3.63, 3.8) is 0 Å². The molecule has 1 amide bonds. The third-order valence-electron chi connectivity index (χ3n) is 3.68. The van der Waals surface area contributed by atoms with Gasteiger partial charge in [-0.1, -0.05) is 18.2 Å². The molecule has 6 heteroatoms. The van der Waals surface area contributed by atoms with Crippen molar-refractivity contribution in [3.05, 3.63) is 84.1 Å². The topological polar surface area (TPSA) is 55.6 Å². The van der Waals surface area contributed by atoms with Gasteiger partial charge in [-0.2, -0.15) is 0 Å². The van der Waals surface area contributed by atoms with E-state index >= 15 is 0 Å². The predicted molar refractivity (Wildman–Crippen MR) is 104 cm³/mol. The number of nitrogens with one attached hydrogen (secondary N) is 1. The van der Waals surface area contributed by atoms with Gasteiger partial charge in [0.15, 0.2) is 4.96 Å².